The first-order valence-electron chi connectivity index (χ1n) is 9.22. The summed E-state index contributed by atoms with van der Waals surface area (Å²) in [5.41, 5.74) is -0.946. The molecule has 2 aromatic rings. The van der Waals surface area contributed by atoms with E-state index in [0.29, 0.717) is 23.7 Å². The maximum absolute atomic E-state index is 13.4. The highest BCUT2D eigenvalue weighted by Gasteiger charge is 2.39. The highest BCUT2D eigenvalue weighted by molar-refractivity contribution is 5.65. The van der Waals surface area contributed by atoms with E-state index < -0.39 is 17.3 Å². The van der Waals surface area contributed by atoms with Crippen molar-refractivity contribution in [1.29, 1.82) is 5.26 Å². The highest BCUT2D eigenvalue weighted by atomic mass is 19.4. The third kappa shape index (κ3) is 3.32. The summed E-state index contributed by atoms with van der Waals surface area (Å²) in [5.74, 6) is 0.0806. The largest absolute Gasteiger partial charge is 0.476 e. The van der Waals surface area contributed by atoms with E-state index >= 15 is 0 Å². The van der Waals surface area contributed by atoms with Crippen LogP contribution in [0.5, 0.6) is 5.88 Å². The zero-order valence-corrected chi connectivity index (χ0v) is 16.1. The molecule has 2 bridgehead atoms. The molecule has 8 nitrogen and oxygen atoms in total. The van der Waals surface area contributed by atoms with Crippen LogP contribution in [-0.4, -0.2) is 32.4 Å². The van der Waals surface area contributed by atoms with Crippen LogP contribution in [0, 0.1) is 24.2 Å². The number of fused-ring (bicyclic) bond motifs is 4. The molecule has 1 fully saturated rings. The number of ether oxygens (including phenoxy) is 1. The Labute approximate surface area is 165 Å². The molecule has 1 aliphatic carbocycles. The molecular formula is C18H20F3N7O. The fourth-order valence-corrected chi connectivity index (χ4v) is 3.40. The summed E-state index contributed by atoms with van der Waals surface area (Å²) in [7, 11) is 0. The molecule has 0 spiro atoms. The van der Waals surface area contributed by atoms with Crippen molar-refractivity contribution >= 4 is 17.5 Å². The fourth-order valence-electron chi connectivity index (χ4n) is 3.40. The smallest absolute Gasteiger partial charge is 0.421 e. The number of alkyl halides is 3. The minimum absolute atomic E-state index is 0.00861. The van der Waals surface area contributed by atoms with Gasteiger partial charge in [0.2, 0.25) is 11.8 Å². The lowest BCUT2D eigenvalue weighted by atomic mass is 9.80. The van der Waals surface area contributed by atoms with Gasteiger partial charge in [0.05, 0.1) is 18.4 Å². The van der Waals surface area contributed by atoms with Crippen molar-refractivity contribution in [2.24, 2.45) is 5.92 Å². The lowest BCUT2D eigenvalue weighted by molar-refractivity contribution is -0.137. The van der Waals surface area contributed by atoms with E-state index in [-0.39, 0.29) is 30.3 Å². The van der Waals surface area contributed by atoms with Crippen LogP contribution in [0.15, 0.2) is 6.20 Å². The van der Waals surface area contributed by atoms with Crippen LogP contribution in [-0.2, 0) is 11.7 Å². The molecule has 0 unspecified atom stereocenters. The minimum atomic E-state index is -4.57. The Morgan fingerprint density at radius 2 is 2.07 bits per heavy atom. The first-order chi connectivity index (χ1) is 13.6. The molecule has 0 aromatic carbocycles. The van der Waals surface area contributed by atoms with Gasteiger partial charge in [-0.1, -0.05) is 0 Å². The molecule has 29 heavy (non-hydrogen) atoms. The maximum atomic E-state index is 13.4. The second kappa shape index (κ2) is 6.50. The molecule has 2 atom stereocenters. The van der Waals surface area contributed by atoms with Gasteiger partial charge in [-0.2, -0.15) is 28.5 Å². The van der Waals surface area contributed by atoms with Gasteiger partial charge in [-0.3, -0.25) is 0 Å². The molecule has 4 rings (SSSR count). The van der Waals surface area contributed by atoms with E-state index in [0.717, 1.165) is 12.6 Å². The summed E-state index contributed by atoms with van der Waals surface area (Å²) in [5, 5.41) is 19.8. The number of aryl methyl sites for hydroxylation is 1. The van der Waals surface area contributed by atoms with Crippen molar-refractivity contribution < 1.29 is 17.9 Å². The zero-order chi connectivity index (χ0) is 21.0. The SMILES string of the molecule is Cc1nn(C(C)(C)C#N)c2c1Nc1ncc(C(F)(F)F)c(n1)N[C@@H]1CC[C@H]1CO2. The van der Waals surface area contributed by atoms with Crippen LogP contribution < -0.4 is 15.4 Å². The number of anilines is 3. The summed E-state index contributed by atoms with van der Waals surface area (Å²) < 4.78 is 47.7. The Kier molecular flexibility index (Phi) is 4.33. The normalized spacial score (nSPS) is 21.1. The molecule has 154 valence electrons. The molecule has 0 amide bonds. The van der Waals surface area contributed by atoms with Crippen LogP contribution in [0.1, 0.15) is 37.9 Å². The van der Waals surface area contributed by atoms with E-state index in [2.05, 4.69) is 31.8 Å². The van der Waals surface area contributed by atoms with Crippen molar-refractivity contribution in [2.45, 2.75) is 51.4 Å². The third-order valence-electron chi connectivity index (χ3n) is 5.33. The van der Waals surface area contributed by atoms with Crippen molar-refractivity contribution in [3.05, 3.63) is 17.5 Å². The number of hydrogen-bond donors (Lipinski definition) is 2. The topological polar surface area (TPSA) is 101 Å². The third-order valence-corrected chi connectivity index (χ3v) is 5.33. The Balaban J connectivity index is 1.84. The van der Waals surface area contributed by atoms with Crippen molar-refractivity contribution in [1.82, 2.24) is 19.7 Å². The number of aromatic nitrogens is 4. The Morgan fingerprint density at radius 1 is 1.31 bits per heavy atom. The van der Waals surface area contributed by atoms with Crippen molar-refractivity contribution in [3.8, 4) is 11.9 Å². The van der Waals surface area contributed by atoms with Crippen LogP contribution in [0.25, 0.3) is 0 Å². The van der Waals surface area contributed by atoms with Crippen LogP contribution >= 0.6 is 0 Å². The van der Waals surface area contributed by atoms with Gasteiger partial charge in [0.15, 0.2) is 0 Å². The molecule has 11 heteroatoms. The van der Waals surface area contributed by atoms with Gasteiger partial charge < -0.3 is 15.4 Å². The Bertz CT molecular complexity index is 993. The number of halogens is 3. The average Bonchev–Trinajstić information content (AvgIpc) is 2.94. The summed E-state index contributed by atoms with van der Waals surface area (Å²) >= 11 is 0. The molecule has 1 saturated carbocycles. The molecule has 0 saturated heterocycles. The standard InChI is InChI=1S/C18H20F3N7O/c1-9-13-15(28(27-9)17(2,3)8-22)29-7-10-4-5-12(10)24-14-11(18(19,20)21)6-23-16(25-13)26-14/h6,10,12H,4-5,7H2,1-3H3,(H2,23,24,25,26)/t10-,12+/m0/s1. The van der Waals surface area contributed by atoms with E-state index in [1.54, 1.807) is 20.8 Å². The summed E-state index contributed by atoms with van der Waals surface area (Å²) in [6, 6.07) is 1.99. The van der Waals surface area contributed by atoms with Crippen LogP contribution in [0.2, 0.25) is 0 Å². The molecular weight excluding hydrogens is 387 g/mol. The highest BCUT2D eigenvalue weighted by Crippen LogP contribution is 2.40. The monoisotopic (exact) mass is 407 g/mol. The summed E-state index contributed by atoms with van der Waals surface area (Å²) in [6.45, 7) is 5.40. The number of nitrogens with zero attached hydrogens (tertiary/aromatic N) is 5. The van der Waals surface area contributed by atoms with Crippen molar-refractivity contribution in [3.63, 3.8) is 0 Å². The molecule has 2 aliphatic rings. The minimum Gasteiger partial charge on any atom is -0.476 e. The number of rotatable bonds is 1. The van der Waals surface area contributed by atoms with E-state index in [1.807, 2.05) is 0 Å². The van der Waals surface area contributed by atoms with Gasteiger partial charge in [0.25, 0.3) is 0 Å². The number of hydrogen-bond acceptors (Lipinski definition) is 7. The van der Waals surface area contributed by atoms with Crippen LogP contribution in [0.3, 0.4) is 0 Å². The van der Waals surface area contributed by atoms with Crippen molar-refractivity contribution in [2.75, 3.05) is 17.2 Å². The Hall–Kier alpha value is -3.03. The van der Waals surface area contributed by atoms with E-state index in [4.69, 9.17) is 4.74 Å². The van der Waals surface area contributed by atoms with E-state index in [1.165, 1.54) is 4.68 Å². The zero-order valence-electron chi connectivity index (χ0n) is 16.1. The van der Waals surface area contributed by atoms with Crippen LogP contribution in [0.4, 0.5) is 30.6 Å². The van der Waals surface area contributed by atoms with Gasteiger partial charge >= 0.3 is 6.18 Å². The second-order valence-corrected chi connectivity index (χ2v) is 7.83. The fraction of sp³-hybridized carbons (Fsp3) is 0.556. The molecule has 2 N–H and O–H groups in total. The van der Waals surface area contributed by atoms with Gasteiger partial charge in [-0.15, -0.1) is 0 Å². The van der Waals surface area contributed by atoms with Gasteiger partial charge in [-0.25, -0.2) is 9.67 Å². The lowest BCUT2D eigenvalue weighted by Gasteiger charge is -2.37. The lowest BCUT2D eigenvalue weighted by Crippen LogP contribution is -2.42. The number of nitriles is 1. The summed E-state index contributed by atoms with van der Waals surface area (Å²) in [6.07, 6.45) is -2.27. The Morgan fingerprint density at radius 3 is 2.69 bits per heavy atom. The second-order valence-electron chi connectivity index (χ2n) is 7.83. The van der Waals surface area contributed by atoms with Gasteiger partial charge in [-0.05, 0) is 33.6 Å². The molecule has 0 radical (unpaired) electrons. The summed E-state index contributed by atoms with van der Waals surface area (Å²) in [4.78, 5) is 7.92. The molecule has 2 aromatic heterocycles. The van der Waals surface area contributed by atoms with Gasteiger partial charge in [0, 0.05) is 18.2 Å². The quantitative estimate of drug-likeness (QED) is 0.745. The molecule has 3 heterocycles. The van der Waals surface area contributed by atoms with E-state index in [9.17, 15) is 18.4 Å². The maximum Gasteiger partial charge on any atom is 0.421 e. The predicted octanol–water partition coefficient (Wildman–Crippen LogP) is 3.59. The number of nitrogens with one attached hydrogen (secondary N) is 2. The first kappa shape index (κ1) is 19.3. The van der Waals surface area contributed by atoms with Gasteiger partial charge in [0.1, 0.15) is 22.6 Å². The molecule has 1 aliphatic heterocycles. The first-order valence-corrected chi connectivity index (χ1v) is 9.22. The average molecular weight is 407 g/mol. The predicted molar refractivity (Wildman–Crippen MR) is 97.8 cm³/mol.